The second-order valence-corrected chi connectivity index (χ2v) is 21.9. The lowest BCUT2D eigenvalue weighted by atomic mass is 10.4. The minimum absolute atomic E-state index is 0.00556. The van der Waals surface area contributed by atoms with Crippen LogP contribution in [0, 0.1) is 0 Å². The van der Waals surface area contributed by atoms with Gasteiger partial charge in [-0.25, -0.2) is 0 Å². The van der Waals surface area contributed by atoms with Crippen LogP contribution < -0.4 is 4.98 Å². The van der Waals surface area contributed by atoms with Crippen molar-refractivity contribution in [2.75, 3.05) is 0 Å². The fourth-order valence-corrected chi connectivity index (χ4v) is 10.7. The van der Waals surface area contributed by atoms with Gasteiger partial charge in [0.2, 0.25) is 0 Å². The Bertz CT molecular complexity index is 361. The Balaban J connectivity index is 2.06. The highest BCUT2D eigenvalue weighted by molar-refractivity contribution is 6.89. The SMILES string of the molecule is CC(C)(O[Si]12CCC1(O[Si](C)(C)C)N2)[Si](C)(C)C. The number of fused-ring (bicyclic) bond motifs is 1. The lowest BCUT2D eigenvalue weighted by Gasteiger charge is -2.44. The summed E-state index contributed by atoms with van der Waals surface area (Å²) in [6.45, 7) is 18.5. The normalized spacial score (nSPS) is 36.0. The maximum Gasteiger partial charge on any atom is 0.317 e. The molecule has 2 aliphatic rings. The van der Waals surface area contributed by atoms with Crippen LogP contribution in [0.1, 0.15) is 20.3 Å². The first kappa shape index (κ1) is 14.9. The van der Waals surface area contributed by atoms with Crippen molar-refractivity contribution in [3.05, 3.63) is 0 Å². The van der Waals surface area contributed by atoms with Gasteiger partial charge in [-0.15, -0.1) is 0 Å². The molecule has 2 atom stereocenters. The fraction of sp³-hybridized carbons (Fsp3) is 1.00. The van der Waals surface area contributed by atoms with Crippen LogP contribution in [-0.4, -0.2) is 35.4 Å². The van der Waals surface area contributed by atoms with E-state index in [9.17, 15) is 0 Å². The molecule has 0 aliphatic carbocycles. The second kappa shape index (κ2) is 3.79. The Morgan fingerprint density at radius 3 is 2.00 bits per heavy atom. The molecule has 2 fully saturated rings. The third kappa shape index (κ3) is 2.31. The standard InChI is InChI=1S/C12H29NO2Si3/c1-11(2,16(3,4)5)14-18-10-9-12(18,13-18)15-17(6,7)8/h13H,9-10H2,1-8H3. The van der Waals surface area contributed by atoms with Gasteiger partial charge in [-0.1, -0.05) is 19.6 Å². The second-order valence-electron chi connectivity index (χ2n) is 8.36. The third-order valence-electron chi connectivity index (χ3n) is 4.54. The molecule has 106 valence electrons. The molecule has 0 bridgehead atoms. The van der Waals surface area contributed by atoms with Gasteiger partial charge in [0.05, 0.1) is 8.07 Å². The summed E-state index contributed by atoms with van der Waals surface area (Å²) in [7, 11) is -4.54. The zero-order valence-corrected chi connectivity index (χ0v) is 16.2. The van der Waals surface area contributed by atoms with Gasteiger partial charge in [-0.05, 0) is 46.0 Å². The Morgan fingerprint density at radius 2 is 1.67 bits per heavy atom. The molecule has 6 heteroatoms. The van der Waals surface area contributed by atoms with Crippen molar-refractivity contribution >= 4 is 24.9 Å². The summed E-state index contributed by atoms with van der Waals surface area (Å²) in [4.78, 5) is 3.67. The van der Waals surface area contributed by atoms with E-state index in [1.54, 1.807) is 0 Å². The first-order valence-corrected chi connectivity index (χ1v) is 16.0. The maximum absolute atomic E-state index is 6.64. The molecule has 3 nitrogen and oxygen atoms in total. The molecule has 18 heavy (non-hydrogen) atoms. The molecule has 2 unspecified atom stereocenters. The molecule has 2 aliphatic heterocycles. The summed E-state index contributed by atoms with van der Waals surface area (Å²) in [5, 5.41) is 0.0333. The van der Waals surface area contributed by atoms with E-state index in [1.807, 2.05) is 0 Å². The van der Waals surface area contributed by atoms with E-state index in [4.69, 9.17) is 8.85 Å². The maximum atomic E-state index is 6.64. The van der Waals surface area contributed by atoms with Crippen molar-refractivity contribution in [2.24, 2.45) is 0 Å². The van der Waals surface area contributed by atoms with Gasteiger partial charge in [0.25, 0.3) is 0 Å². The fourth-order valence-electron chi connectivity index (χ4n) is 2.43. The molecule has 1 N–H and O–H groups in total. The van der Waals surface area contributed by atoms with Crippen LogP contribution in [0.2, 0.25) is 45.3 Å². The van der Waals surface area contributed by atoms with Gasteiger partial charge in [0.15, 0.2) is 8.32 Å². The third-order valence-corrected chi connectivity index (χ3v) is 13.8. The van der Waals surface area contributed by atoms with Crippen LogP contribution >= 0.6 is 0 Å². The molecule has 0 amide bonds. The molecular formula is C12H29NO2Si3. The predicted octanol–water partition coefficient (Wildman–Crippen LogP) is 3.20. The summed E-state index contributed by atoms with van der Waals surface area (Å²) in [5.74, 6) is 0. The molecule has 0 spiro atoms. The van der Waals surface area contributed by atoms with Crippen LogP contribution in [0.3, 0.4) is 0 Å². The Kier molecular flexibility index (Phi) is 3.15. The number of hydrogen-bond donors (Lipinski definition) is 1. The van der Waals surface area contributed by atoms with Crippen LogP contribution in [0.15, 0.2) is 0 Å². The van der Waals surface area contributed by atoms with E-state index < -0.39 is 24.9 Å². The van der Waals surface area contributed by atoms with Crippen LogP contribution in [0.4, 0.5) is 0 Å². The van der Waals surface area contributed by atoms with Gasteiger partial charge in [0.1, 0.15) is 5.35 Å². The first-order chi connectivity index (χ1) is 7.83. The van der Waals surface area contributed by atoms with Gasteiger partial charge in [-0.2, -0.15) is 0 Å². The molecular weight excluding hydrogens is 274 g/mol. The predicted molar refractivity (Wildman–Crippen MR) is 84.0 cm³/mol. The molecule has 0 saturated carbocycles. The topological polar surface area (TPSA) is 40.4 Å². The Hall–Kier alpha value is 0.531. The quantitative estimate of drug-likeness (QED) is 0.626. The monoisotopic (exact) mass is 303 g/mol. The highest BCUT2D eigenvalue weighted by atomic mass is 28.4. The largest absolute Gasteiger partial charge is 0.399 e. The molecule has 0 aromatic carbocycles. The summed E-state index contributed by atoms with van der Waals surface area (Å²) in [6, 6.07) is 1.23. The lowest BCUT2D eigenvalue weighted by Crippen LogP contribution is -2.59. The van der Waals surface area contributed by atoms with Crippen molar-refractivity contribution in [3.63, 3.8) is 0 Å². The van der Waals surface area contributed by atoms with Crippen LogP contribution in [0.25, 0.3) is 0 Å². The van der Waals surface area contributed by atoms with Gasteiger partial charge < -0.3 is 8.85 Å². The highest BCUT2D eigenvalue weighted by Crippen LogP contribution is 2.57. The highest BCUT2D eigenvalue weighted by Gasteiger charge is 2.82. The van der Waals surface area contributed by atoms with E-state index >= 15 is 0 Å². The van der Waals surface area contributed by atoms with Crippen LogP contribution in [0.5, 0.6) is 0 Å². The van der Waals surface area contributed by atoms with Crippen molar-refractivity contribution in [2.45, 2.75) is 76.2 Å². The molecule has 0 aromatic heterocycles. The number of nitrogens with one attached hydrogen (secondary N) is 1. The van der Waals surface area contributed by atoms with E-state index in [-0.39, 0.29) is 10.6 Å². The minimum atomic E-state index is -1.74. The van der Waals surface area contributed by atoms with Crippen molar-refractivity contribution in [1.29, 1.82) is 0 Å². The minimum Gasteiger partial charge on any atom is -0.399 e. The molecule has 2 heterocycles. The van der Waals surface area contributed by atoms with E-state index in [0.717, 1.165) is 6.42 Å². The van der Waals surface area contributed by atoms with E-state index in [2.05, 4.69) is 58.1 Å². The van der Waals surface area contributed by atoms with Crippen molar-refractivity contribution in [3.8, 4) is 0 Å². The van der Waals surface area contributed by atoms with E-state index in [0.29, 0.717) is 0 Å². The Labute approximate surface area is 115 Å². The summed E-state index contributed by atoms with van der Waals surface area (Å²) in [5.41, 5.74) is 0. The molecule has 2 saturated heterocycles. The molecule has 2 rings (SSSR count). The van der Waals surface area contributed by atoms with Gasteiger partial charge in [0, 0.05) is 5.22 Å². The summed E-state index contributed by atoms with van der Waals surface area (Å²) in [6.07, 6.45) is 1.16. The smallest absolute Gasteiger partial charge is 0.317 e. The zero-order valence-electron chi connectivity index (χ0n) is 13.2. The zero-order chi connectivity index (χ0) is 14.0. The molecule has 0 radical (unpaired) electrons. The Morgan fingerprint density at radius 1 is 1.11 bits per heavy atom. The first-order valence-electron chi connectivity index (χ1n) is 7.02. The summed E-state index contributed by atoms with van der Waals surface area (Å²) < 4.78 is 13.0. The lowest BCUT2D eigenvalue weighted by molar-refractivity contribution is 0.113. The van der Waals surface area contributed by atoms with Crippen molar-refractivity contribution in [1.82, 2.24) is 4.98 Å². The average Bonchev–Trinajstić information content (AvgIpc) is 2.46. The summed E-state index contributed by atoms with van der Waals surface area (Å²) >= 11 is 0. The molecule has 0 aromatic rings. The van der Waals surface area contributed by atoms with Gasteiger partial charge in [-0.3, -0.25) is 4.98 Å². The number of hydrogen-bond acceptors (Lipinski definition) is 3. The van der Waals surface area contributed by atoms with E-state index in [1.165, 1.54) is 6.04 Å². The number of rotatable bonds is 5. The average molecular weight is 304 g/mol. The van der Waals surface area contributed by atoms with Gasteiger partial charge >= 0.3 is 8.48 Å². The van der Waals surface area contributed by atoms with Crippen molar-refractivity contribution < 1.29 is 8.85 Å². The van der Waals surface area contributed by atoms with Crippen LogP contribution in [-0.2, 0) is 8.85 Å².